The molecule has 0 saturated heterocycles. The molecule has 1 aliphatic rings. The molecule has 0 aromatic carbocycles. The second-order valence-corrected chi connectivity index (χ2v) is 9.20. The summed E-state index contributed by atoms with van der Waals surface area (Å²) in [4.78, 5) is 2.60. The van der Waals surface area contributed by atoms with Gasteiger partial charge in [0.1, 0.15) is 0 Å². The van der Waals surface area contributed by atoms with Crippen molar-refractivity contribution in [2.24, 2.45) is 17.8 Å². The molecular weight excluding hydrogens is 367 g/mol. The van der Waals surface area contributed by atoms with Gasteiger partial charge in [-0.25, -0.2) is 0 Å². The predicted octanol–water partition coefficient (Wildman–Crippen LogP) is 3.60. The van der Waals surface area contributed by atoms with Crippen LogP contribution in [0.4, 0.5) is 0 Å². The molecule has 153 valence electrons. The molecule has 0 aliphatic heterocycles. The summed E-state index contributed by atoms with van der Waals surface area (Å²) in [5.41, 5.74) is 0. The molecule has 28 heavy (non-hydrogen) atoms. The fourth-order valence-electron chi connectivity index (χ4n) is 4.00. The van der Waals surface area contributed by atoms with Gasteiger partial charge >= 0.3 is 175 Å². The van der Waals surface area contributed by atoms with Gasteiger partial charge < -0.3 is 0 Å². The van der Waals surface area contributed by atoms with E-state index in [0.717, 1.165) is 32.1 Å². The number of rotatable bonds is 12. The molecule has 3 nitrogen and oxygen atoms in total. The van der Waals surface area contributed by atoms with E-state index >= 15 is 0 Å². The molecule has 0 spiro atoms. The summed E-state index contributed by atoms with van der Waals surface area (Å²) in [6.45, 7) is 2.34. The van der Waals surface area contributed by atoms with E-state index in [1.165, 1.54) is 9.75 Å². The first-order chi connectivity index (χ1) is 13.5. The fourth-order valence-corrected chi connectivity index (χ4v) is 4.90. The third kappa shape index (κ3) is 7.44. The molecule has 3 N–H and O–H groups in total. The number of aryl methyl sites for hydroxylation is 2. The summed E-state index contributed by atoms with van der Waals surface area (Å²) in [6, 6.07) is 4.25. The summed E-state index contributed by atoms with van der Waals surface area (Å²) in [7, 11) is 5.83. The number of thiophene rings is 1. The second kappa shape index (κ2) is 12.5. The Kier molecular flexibility index (Phi) is 10.4. The molecule has 1 heterocycles. The van der Waals surface area contributed by atoms with Crippen LogP contribution in [0.15, 0.2) is 36.4 Å². The Bertz CT molecular complexity index is 640. The van der Waals surface area contributed by atoms with Crippen LogP contribution in [-0.4, -0.2) is 47.6 Å². The zero-order chi connectivity index (χ0) is 20.4. The average Bonchev–Trinajstić information content (AvgIpc) is 3.23. The normalized spacial score (nSPS) is 26.4. The van der Waals surface area contributed by atoms with Crippen molar-refractivity contribution in [2.75, 3.05) is 6.61 Å². The van der Waals surface area contributed by atoms with E-state index in [1.54, 1.807) is 17.3 Å². The van der Waals surface area contributed by atoms with Crippen LogP contribution in [0.3, 0.4) is 0 Å². The summed E-state index contributed by atoms with van der Waals surface area (Å²) in [6.07, 6.45) is 13.2. The van der Waals surface area contributed by atoms with E-state index in [0.29, 0.717) is 12.8 Å². The molecule has 1 fully saturated rings. The zero-order valence-electron chi connectivity index (χ0n) is 16.9. The number of unbranched alkanes of at least 4 members (excludes halogenated alkanes) is 2. The average molecular weight is 401 g/mol. The predicted molar refractivity (Wildman–Crippen MR) is 120 cm³/mol. The van der Waals surface area contributed by atoms with Gasteiger partial charge in [-0.2, -0.15) is 0 Å². The zero-order valence-corrected chi connectivity index (χ0v) is 17.7. The van der Waals surface area contributed by atoms with Gasteiger partial charge in [-0.3, -0.25) is 0 Å². The molecule has 1 radical (unpaired) electrons. The molecule has 1 aromatic heterocycles. The van der Waals surface area contributed by atoms with Crippen LogP contribution in [0.2, 0.25) is 0 Å². The number of aliphatic hydroxyl groups is 3. The Balaban J connectivity index is 1.88. The summed E-state index contributed by atoms with van der Waals surface area (Å²) in [5, 5.41) is 29.7. The number of hydrogen-bond donors (Lipinski definition) is 3. The first kappa shape index (κ1) is 23.3. The van der Waals surface area contributed by atoms with Gasteiger partial charge in [0.15, 0.2) is 0 Å². The van der Waals surface area contributed by atoms with Crippen molar-refractivity contribution in [2.45, 2.75) is 64.1 Å². The quantitative estimate of drug-likeness (QED) is 0.285. The van der Waals surface area contributed by atoms with Crippen molar-refractivity contribution in [1.29, 1.82) is 0 Å². The number of aliphatic hydroxyl groups excluding tert-OH is 3. The minimum absolute atomic E-state index is 0.127. The number of hydrogen-bond acceptors (Lipinski definition) is 4. The molecule has 5 atom stereocenters. The second-order valence-electron chi connectivity index (χ2n) is 7.83. The van der Waals surface area contributed by atoms with E-state index in [1.807, 2.05) is 6.08 Å². The van der Waals surface area contributed by atoms with Crippen LogP contribution in [0.1, 0.15) is 48.3 Å². The maximum absolute atomic E-state index is 10.5. The van der Waals surface area contributed by atoms with Gasteiger partial charge in [-0.1, -0.05) is 0 Å². The van der Waals surface area contributed by atoms with E-state index in [2.05, 4.69) is 37.3 Å². The maximum atomic E-state index is 10.5. The molecule has 1 aromatic rings. The fraction of sp³-hybridized carbons (Fsp3) is 0.609. The summed E-state index contributed by atoms with van der Waals surface area (Å²) in [5.74, 6) is 2.12. The van der Waals surface area contributed by atoms with Crippen LogP contribution in [0, 0.1) is 24.7 Å². The van der Waals surface area contributed by atoms with Crippen LogP contribution >= 0.6 is 11.3 Å². The monoisotopic (exact) mass is 401 g/mol. The van der Waals surface area contributed by atoms with E-state index in [4.69, 9.17) is 12.6 Å². The SMILES string of the molecule is [B]=C[C@@H]1CC(O)[C@H](C/C=C\CCCCO)[C@H]1/C=C/[C@@H](O)CCc1ccc(C)s1. The topological polar surface area (TPSA) is 60.7 Å². The Morgan fingerprint density at radius 2 is 2.11 bits per heavy atom. The molecule has 5 heteroatoms. The van der Waals surface area contributed by atoms with Gasteiger partial charge in [0.25, 0.3) is 0 Å². The van der Waals surface area contributed by atoms with Crippen molar-refractivity contribution in [3.63, 3.8) is 0 Å². The van der Waals surface area contributed by atoms with Gasteiger partial charge in [-0.05, 0) is 0 Å². The summed E-state index contributed by atoms with van der Waals surface area (Å²) < 4.78 is 0. The van der Waals surface area contributed by atoms with E-state index < -0.39 is 6.10 Å². The van der Waals surface area contributed by atoms with Gasteiger partial charge in [0.2, 0.25) is 0 Å². The third-order valence-corrected chi connectivity index (χ3v) is 6.70. The van der Waals surface area contributed by atoms with Crippen molar-refractivity contribution in [3.8, 4) is 0 Å². The first-order valence-electron chi connectivity index (χ1n) is 10.5. The minimum atomic E-state index is -0.478. The molecular formula is C23H34BO3S. The van der Waals surface area contributed by atoms with Crippen LogP contribution in [0.25, 0.3) is 0 Å². The third-order valence-electron chi connectivity index (χ3n) is 5.64. The van der Waals surface area contributed by atoms with E-state index in [-0.39, 0.29) is 30.5 Å². The van der Waals surface area contributed by atoms with Crippen molar-refractivity contribution in [1.82, 2.24) is 0 Å². The van der Waals surface area contributed by atoms with Crippen LogP contribution in [-0.2, 0) is 6.42 Å². The van der Waals surface area contributed by atoms with E-state index in [9.17, 15) is 10.2 Å². The van der Waals surface area contributed by atoms with Crippen LogP contribution in [0.5, 0.6) is 0 Å². The Labute approximate surface area is 174 Å². The molecule has 1 aliphatic carbocycles. The molecule has 1 unspecified atom stereocenters. The Hall–Kier alpha value is -1.01. The first-order valence-corrected chi connectivity index (χ1v) is 11.3. The number of allylic oxidation sites excluding steroid dienone is 3. The van der Waals surface area contributed by atoms with Crippen molar-refractivity contribution < 1.29 is 15.3 Å². The Morgan fingerprint density at radius 3 is 2.79 bits per heavy atom. The van der Waals surface area contributed by atoms with Crippen molar-refractivity contribution in [3.05, 3.63) is 46.2 Å². The van der Waals surface area contributed by atoms with Crippen LogP contribution < -0.4 is 0 Å². The summed E-state index contributed by atoms with van der Waals surface area (Å²) >= 11 is 1.78. The molecule has 0 bridgehead atoms. The molecule has 2 rings (SSSR count). The van der Waals surface area contributed by atoms with Gasteiger partial charge in [-0.15, -0.1) is 0 Å². The standard InChI is InChI=1S/C23H34BO3S/c1-17-8-11-20(28-17)12-9-19(26)10-13-21-18(16-24)15-23(27)22(21)7-5-3-2-4-6-14-25/h3,5,8,10-11,13,16,18-19,21-23,25-27H,2,4,6-7,9,12,14-15H2,1H3/b5-3-,13-10+/t18-,19-,21-,22+,23?/m0/s1. The van der Waals surface area contributed by atoms with Gasteiger partial charge in [0.05, 0.1) is 0 Å². The molecule has 1 saturated carbocycles. The van der Waals surface area contributed by atoms with Crippen molar-refractivity contribution >= 4 is 24.8 Å². The Morgan fingerprint density at radius 1 is 1.29 bits per heavy atom. The molecule has 0 amide bonds. The van der Waals surface area contributed by atoms with Gasteiger partial charge in [0, 0.05) is 0 Å².